The summed E-state index contributed by atoms with van der Waals surface area (Å²) in [7, 11) is 0.724. The van der Waals surface area contributed by atoms with Crippen LogP contribution in [0, 0.1) is 0 Å². The maximum atomic E-state index is 10.9. The van der Waals surface area contributed by atoms with Gasteiger partial charge in [-0.3, -0.25) is 4.79 Å². The Balaban J connectivity index is 3.01. The molecule has 0 bridgehead atoms. The van der Waals surface area contributed by atoms with Crippen LogP contribution in [0.5, 0.6) is 0 Å². The third-order valence-electron chi connectivity index (χ3n) is 3.14. The molecule has 0 N–H and O–H groups in total. The minimum absolute atomic E-state index is 0.0927. The molecule has 0 saturated carbocycles. The number of unbranched alkanes of at least 4 members (excludes halogenated alkanes) is 8. The van der Waals surface area contributed by atoms with Gasteiger partial charge in [0, 0.05) is 13.0 Å². The van der Waals surface area contributed by atoms with Crippen LogP contribution in [-0.2, 0) is 14.0 Å². The van der Waals surface area contributed by atoms with Gasteiger partial charge in [0.2, 0.25) is 0 Å². The van der Waals surface area contributed by atoms with Crippen molar-refractivity contribution in [2.75, 3.05) is 13.7 Å². The van der Waals surface area contributed by atoms with Crippen LogP contribution in [0.3, 0.4) is 0 Å². The van der Waals surface area contributed by atoms with Crippen LogP contribution in [0.25, 0.3) is 0 Å². The summed E-state index contributed by atoms with van der Waals surface area (Å²) < 4.78 is 9.77. The maximum Gasteiger partial charge on any atom is 0.305 e. The predicted octanol–water partition coefficient (Wildman–Crippen LogP) is 3.92. The van der Waals surface area contributed by atoms with Crippen molar-refractivity contribution in [1.82, 2.24) is 0 Å². The van der Waals surface area contributed by atoms with Gasteiger partial charge < -0.3 is 9.16 Å². The van der Waals surface area contributed by atoms with Gasteiger partial charge in [-0.25, -0.2) is 0 Å². The summed E-state index contributed by atoms with van der Waals surface area (Å²) >= 11 is 11.2. The largest absolute Gasteiger partial charge is 0.469 e. The number of rotatable bonds is 14. The Morgan fingerprint density at radius 1 is 0.950 bits per heavy atom. The van der Waals surface area contributed by atoms with Gasteiger partial charge in [-0.15, -0.1) is 23.2 Å². The number of methoxy groups -OCH3 is 1. The minimum atomic E-state index is -0.720. The molecule has 6 heteroatoms. The highest BCUT2D eigenvalue weighted by molar-refractivity contribution is 6.65. The van der Waals surface area contributed by atoms with E-state index in [0.717, 1.165) is 25.9 Å². The molecule has 0 radical (unpaired) electrons. The van der Waals surface area contributed by atoms with Crippen LogP contribution in [0.2, 0.25) is 0 Å². The van der Waals surface area contributed by atoms with E-state index >= 15 is 0 Å². The lowest BCUT2D eigenvalue weighted by atomic mass is 10.1. The Hall–Kier alpha value is 0.227. The molecule has 0 unspecified atom stereocenters. The molecule has 0 aromatic carbocycles. The van der Waals surface area contributed by atoms with E-state index in [9.17, 15) is 4.79 Å². The SMILES string of the molecule is COC(=O)CCCCCCCCCCCO[SiH2]C(Cl)Cl. The number of carbonyl (C=O) groups excluding carboxylic acids is 1. The van der Waals surface area contributed by atoms with E-state index in [2.05, 4.69) is 4.74 Å². The molecule has 0 aromatic rings. The lowest BCUT2D eigenvalue weighted by Gasteiger charge is -2.04. The fraction of sp³-hybridized carbons (Fsp3) is 0.929. The molecular weight excluding hydrogens is 315 g/mol. The number of alkyl halides is 2. The molecule has 0 aliphatic carbocycles. The van der Waals surface area contributed by atoms with E-state index in [1.54, 1.807) is 0 Å². The molecule has 0 heterocycles. The molecule has 0 spiro atoms. The monoisotopic (exact) mass is 342 g/mol. The Morgan fingerprint density at radius 2 is 1.45 bits per heavy atom. The zero-order chi connectivity index (χ0) is 15.1. The van der Waals surface area contributed by atoms with Gasteiger partial charge in [-0.1, -0.05) is 44.9 Å². The van der Waals surface area contributed by atoms with E-state index in [-0.39, 0.29) is 10.4 Å². The van der Waals surface area contributed by atoms with Crippen molar-refractivity contribution in [3.05, 3.63) is 0 Å². The molecule has 120 valence electrons. The Bertz CT molecular complexity index is 228. The van der Waals surface area contributed by atoms with Gasteiger partial charge in [0.15, 0.2) is 9.76 Å². The molecule has 0 rings (SSSR count). The lowest BCUT2D eigenvalue weighted by Crippen LogP contribution is -2.08. The Labute approximate surface area is 135 Å². The average Bonchev–Trinajstić information content (AvgIpc) is 2.43. The van der Waals surface area contributed by atoms with Crippen molar-refractivity contribution in [1.29, 1.82) is 0 Å². The summed E-state index contributed by atoms with van der Waals surface area (Å²) in [6.07, 6.45) is 11.3. The first-order chi connectivity index (χ1) is 9.66. The first-order valence-corrected chi connectivity index (χ1v) is 9.86. The number of hydrogen-bond donors (Lipinski definition) is 0. The van der Waals surface area contributed by atoms with E-state index in [1.807, 2.05) is 0 Å². The summed E-state index contributed by atoms with van der Waals surface area (Å²) in [6.45, 7) is 0.815. The van der Waals surface area contributed by atoms with Crippen molar-refractivity contribution >= 4 is 38.9 Å². The van der Waals surface area contributed by atoms with E-state index in [4.69, 9.17) is 27.6 Å². The van der Waals surface area contributed by atoms with Gasteiger partial charge in [0.05, 0.1) is 7.11 Å². The van der Waals surface area contributed by atoms with Crippen LogP contribution in [0.4, 0.5) is 0 Å². The van der Waals surface area contributed by atoms with E-state index in [0.29, 0.717) is 6.42 Å². The summed E-state index contributed by atoms with van der Waals surface area (Å²) in [5, 5.41) is 0. The second kappa shape index (κ2) is 15.6. The van der Waals surface area contributed by atoms with Crippen LogP contribution in [0.1, 0.15) is 64.2 Å². The van der Waals surface area contributed by atoms with Gasteiger partial charge in [-0.2, -0.15) is 0 Å². The van der Waals surface area contributed by atoms with Gasteiger partial charge in [-0.05, 0) is 12.8 Å². The summed E-state index contributed by atoms with van der Waals surface area (Å²) in [4.78, 5) is 10.9. The average molecular weight is 343 g/mol. The molecule has 3 nitrogen and oxygen atoms in total. The molecule has 0 amide bonds. The van der Waals surface area contributed by atoms with Crippen molar-refractivity contribution in [2.24, 2.45) is 0 Å². The fourth-order valence-corrected chi connectivity index (χ4v) is 3.07. The Kier molecular flexibility index (Phi) is 15.8. The molecule has 0 atom stereocenters. The van der Waals surface area contributed by atoms with Crippen LogP contribution >= 0.6 is 23.2 Å². The quantitative estimate of drug-likeness (QED) is 0.208. The summed E-state index contributed by atoms with van der Waals surface area (Å²) in [5.74, 6) is -0.0927. The number of carbonyl (C=O) groups is 1. The second-order valence-electron chi connectivity index (χ2n) is 4.97. The highest BCUT2D eigenvalue weighted by atomic mass is 35.5. The highest BCUT2D eigenvalue weighted by Crippen LogP contribution is 2.11. The second-order valence-corrected chi connectivity index (χ2v) is 8.84. The topological polar surface area (TPSA) is 35.5 Å². The first-order valence-electron chi connectivity index (χ1n) is 7.59. The number of halogens is 2. The minimum Gasteiger partial charge on any atom is -0.469 e. The van der Waals surface area contributed by atoms with Gasteiger partial charge in [0.25, 0.3) is 0 Å². The standard InChI is InChI=1S/C14H28Cl2O3Si/c1-18-13(17)11-9-7-5-3-2-4-6-8-10-12-19-20-14(15)16/h14H,2-12,20H2,1H3. The fourth-order valence-electron chi connectivity index (χ4n) is 1.99. The van der Waals surface area contributed by atoms with Crippen molar-refractivity contribution in [2.45, 2.75) is 68.7 Å². The predicted molar refractivity (Wildman–Crippen MR) is 88.2 cm³/mol. The van der Waals surface area contributed by atoms with Gasteiger partial charge in [0.1, 0.15) is 4.46 Å². The van der Waals surface area contributed by atoms with Crippen LogP contribution in [-0.4, -0.2) is 33.9 Å². The maximum absolute atomic E-state index is 10.9. The summed E-state index contributed by atoms with van der Waals surface area (Å²) in [5.41, 5.74) is 0. The highest BCUT2D eigenvalue weighted by Gasteiger charge is 2.00. The van der Waals surface area contributed by atoms with Crippen molar-refractivity contribution in [3.63, 3.8) is 0 Å². The number of esters is 1. The van der Waals surface area contributed by atoms with Crippen molar-refractivity contribution in [3.8, 4) is 0 Å². The third kappa shape index (κ3) is 16.3. The molecule has 0 fully saturated rings. The first kappa shape index (κ1) is 20.2. The van der Waals surface area contributed by atoms with E-state index in [1.165, 1.54) is 45.6 Å². The molecular formula is C14H28Cl2O3Si. The lowest BCUT2D eigenvalue weighted by molar-refractivity contribution is -0.140. The normalized spacial score (nSPS) is 11.6. The zero-order valence-corrected chi connectivity index (χ0v) is 15.5. The van der Waals surface area contributed by atoms with Crippen LogP contribution in [0.15, 0.2) is 0 Å². The molecule has 20 heavy (non-hydrogen) atoms. The summed E-state index contributed by atoms with van der Waals surface area (Å²) in [6, 6.07) is 0. The van der Waals surface area contributed by atoms with E-state index < -0.39 is 9.76 Å². The van der Waals surface area contributed by atoms with Gasteiger partial charge >= 0.3 is 5.97 Å². The number of hydrogen-bond acceptors (Lipinski definition) is 3. The van der Waals surface area contributed by atoms with Crippen molar-refractivity contribution < 1.29 is 14.0 Å². The molecule has 0 saturated heterocycles. The molecule has 0 aliphatic rings. The third-order valence-corrected chi connectivity index (χ3v) is 4.67. The Morgan fingerprint density at radius 3 is 1.95 bits per heavy atom. The van der Waals surface area contributed by atoms with Crippen LogP contribution < -0.4 is 0 Å². The number of ether oxygens (including phenoxy) is 1. The molecule has 0 aliphatic heterocycles. The molecule has 0 aromatic heterocycles. The zero-order valence-electron chi connectivity index (χ0n) is 12.5. The smallest absolute Gasteiger partial charge is 0.305 e.